The second-order valence-corrected chi connectivity index (χ2v) is 8.79. The van der Waals surface area contributed by atoms with Gasteiger partial charge in [-0.05, 0) is 48.4 Å². The van der Waals surface area contributed by atoms with Crippen LogP contribution >= 0.6 is 31.9 Å². The predicted octanol–water partition coefficient (Wildman–Crippen LogP) is 6.15. The third-order valence-corrected chi connectivity index (χ3v) is 6.46. The van der Waals surface area contributed by atoms with Crippen molar-refractivity contribution in [3.63, 3.8) is 0 Å². The van der Waals surface area contributed by atoms with E-state index in [1.807, 2.05) is 49.4 Å². The average molecular weight is 527 g/mol. The van der Waals surface area contributed by atoms with Crippen LogP contribution in [0.4, 0.5) is 5.69 Å². The number of halogens is 2. The van der Waals surface area contributed by atoms with E-state index in [-0.39, 0.29) is 11.3 Å². The van der Waals surface area contributed by atoms with Gasteiger partial charge in [0, 0.05) is 20.2 Å². The lowest BCUT2D eigenvalue weighted by Crippen LogP contribution is -2.29. The molecular weight excluding hydrogens is 510 g/mol. The molecule has 0 bridgehead atoms. The average Bonchev–Trinajstić information content (AvgIpc) is 3.01. The maximum Gasteiger partial charge on any atom is 0.300 e. The van der Waals surface area contributed by atoms with E-state index in [0.29, 0.717) is 11.3 Å². The zero-order chi connectivity index (χ0) is 21.4. The van der Waals surface area contributed by atoms with Crippen LogP contribution in [0.3, 0.4) is 0 Å². The first kappa shape index (κ1) is 20.6. The highest BCUT2D eigenvalue weighted by Gasteiger charge is 2.46. The van der Waals surface area contributed by atoms with Crippen LogP contribution in [0.1, 0.15) is 22.7 Å². The fourth-order valence-electron chi connectivity index (χ4n) is 3.62. The summed E-state index contributed by atoms with van der Waals surface area (Å²) in [5, 5.41) is 11.1. The van der Waals surface area contributed by atoms with E-state index in [4.69, 9.17) is 0 Å². The van der Waals surface area contributed by atoms with Crippen LogP contribution in [-0.4, -0.2) is 16.8 Å². The SMILES string of the molecule is Cc1cc(/C(O)=C2\C(=O)C(=O)N(c3cccc(Br)c3)C2c2ccccc2)ccc1Br. The second-order valence-electron chi connectivity index (χ2n) is 7.02. The molecule has 0 aliphatic carbocycles. The summed E-state index contributed by atoms with van der Waals surface area (Å²) in [4.78, 5) is 27.6. The Labute approximate surface area is 191 Å². The highest BCUT2D eigenvalue weighted by atomic mass is 79.9. The number of hydrogen-bond donors (Lipinski definition) is 1. The molecule has 3 aromatic carbocycles. The number of carbonyl (C=O) groups excluding carboxylic acids is 2. The summed E-state index contributed by atoms with van der Waals surface area (Å²) in [5.74, 6) is -1.56. The van der Waals surface area contributed by atoms with E-state index >= 15 is 0 Å². The van der Waals surface area contributed by atoms with Crippen molar-refractivity contribution in [1.82, 2.24) is 0 Å². The zero-order valence-electron chi connectivity index (χ0n) is 16.0. The van der Waals surface area contributed by atoms with Crippen molar-refractivity contribution in [3.05, 3.63) is 104 Å². The molecule has 4 nitrogen and oxygen atoms in total. The summed E-state index contributed by atoms with van der Waals surface area (Å²) in [6, 6.07) is 21.1. The number of Topliss-reactive ketones (excluding diaryl/α,β-unsaturated/α-hetero) is 1. The summed E-state index contributed by atoms with van der Waals surface area (Å²) in [5.41, 5.74) is 2.80. The van der Waals surface area contributed by atoms with Gasteiger partial charge < -0.3 is 5.11 Å². The molecule has 6 heteroatoms. The Kier molecular flexibility index (Phi) is 5.62. The normalized spacial score (nSPS) is 18.1. The highest BCUT2D eigenvalue weighted by molar-refractivity contribution is 9.10. The maximum atomic E-state index is 13.1. The Morgan fingerprint density at radius 3 is 2.33 bits per heavy atom. The number of nitrogens with zero attached hydrogens (tertiary/aromatic N) is 1. The highest BCUT2D eigenvalue weighted by Crippen LogP contribution is 2.42. The van der Waals surface area contributed by atoms with E-state index in [9.17, 15) is 14.7 Å². The standard InChI is InChI=1S/C24H17Br2NO3/c1-14-12-16(10-11-19(14)26)22(28)20-21(15-6-3-2-4-7-15)27(24(30)23(20)29)18-9-5-8-17(25)13-18/h2-13,21,28H,1H3/b22-20+. The Bertz CT molecular complexity index is 1190. The third kappa shape index (κ3) is 3.61. The summed E-state index contributed by atoms with van der Waals surface area (Å²) in [6.07, 6.45) is 0. The van der Waals surface area contributed by atoms with E-state index in [1.165, 1.54) is 4.90 Å². The van der Waals surface area contributed by atoms with Crippen molar-refractivity contribution >= 4 is 55.0 Å². The first-order valence-corrected chi connectivity index (χ1v) is 10.8. The molecule has 0 spiro atoms. The van der Waals surface area contributed by atoms with Gasteiger partial charge >= 0.3 is 0 Å². The zero-order valence-corrected chi connectivity index (χ0v) is 19.1. The lowest BCUT2D eigenvalue weighted by Gasteiger charge is -2.25. The number of benzene rings is 3. The number of hydrogen-bond acceptors (Lipinski definition) is 3. The predicted molar refractivity (Wildman–Crippen MR) is 124 cm³/mol. The third-order valence-electron chi connectivity index (χ3n) is 5.08. The Hall–Kier alpha value is -2.70. The molecule has 1 heterocycles. The number of aliphatic hydroxyl groups excluding tert-OH is 1. The molecule has 1 N–H and O–H groups in total. The largest absolute Gasteiger partial charge is 0.507 e. The summed E-state index contributed by atoms with van der Waals surface area (Å²) >= 11 is 6.87. The molecule has 1 unspecified atom stereocenters. The minimum atomic E-state index is -0.732. The molecule has 1 fully saturated rings. The van der Waals surface area contributed by atoms with E-state index in [1.54, 1.807) is 30.3 Å². The van der Waals surface area contributed by atoms with Gasteiger partial charge in [-0.3, -0.25) is 14.5 Å². The topological polar surface area (TPSA) is 57.6 Å². The molecule has 1 saturated heterocycles. The van der Waals surface area contributed by atoms with Crippen molar-refractivity contribution < 1.29 is 14.7 Å². The molecule has 1 amide bonds. The Morgan fingerprint density at radius 2 is 1.67 bits per heavy atom. The summed E-state index contributed by atoms with van der Waals surface area (Å²) in [6.45, 7) is 1.90. The maximum absolute atomic E-state index is 13.1. The summed E-state index contributed by atoms with van der Waals surface area (Å²) < 4.78 is 1.69. The van der Waals surface area contributed by atoms with E-state index < -0.39 is 17.7 Å². The number of aryl methyl sites for hydroxylation is 1. The molecule has 3 aromatic rings. The minimum absolute atomic E-state index is 0.0768. The van der Waals surface area contributed by atoms with Gasteiger partial charge in [-0.2, -0.15) is 0 Å². The van der Waals surface area contributed by atoms with Crippen LogP contribution in [0.15, 0.2) is 87.3 Å². The number of anilines is 1. The van der Waals surface area contributed by atoms with Gasteiger partial charge in [0.15, 0.2) is 0 Å². The molecule has 0 saturated carbocycles. The van der Waals surface area contributed by atoms with Crippen molar-refractivity contribution in [3.8, 4) is 0 Å². The molecule has 150 valence electrons. The number of carbonyl (C=O) groups is 2. The van der Waals surface area contributed by atoms with Gasteiger partial charge in [-0.1, -0.05) is 74.3 Å². The number of aliphatic hydroxyl groups is 1. The van der Waals surface area contributed by atoms with Crippen molar-refractivity contribution in [2.24, 2.45) is 0 Å². The monoisotopic (exact) mass is 525 g/mol. The molecule has 30 heavy (non-hydrogen) atoms. The van der Waals surface area contributed by atoms with E-state index in [0.717, 1.165) is 20.1 Å². The van der Waals surface area contributed by atoms with Crippen LogP contribution in [0.2, 0.25) is 0 Å². The fraction of sp³-hybridized carbons (Fsp3) is 0.0833. The smallest absolute Gasteiger partial charge is 0.300 e. The van der Waals surface area contributed by atoms with Gasteiger partial charge in [0.25, 0.3) is 11.7 Å². The van der Waals surface area contributed by atoms with Gasteiger partial charge in [-0.15, -0.1) is 0 Å². The van der Waals surface area contributed by atoms with Crippen LogP contribution < -0.4 is 4.90 Å². The van der Waals surface area contributed by atoms with E-state index in [2.05, 4.69) is 31.9 Å². The van der Waals surface area contributed by atoms with Crippen LogP contribution in [-0.2, 0) is 9.59 Å². The molecule has 1 atom stereocenters. The quantitative estimate of drug-likeness (QED) is 0.253. The number of amides is 1. The van der Waals surface area contributed by atoms with Crippen molar-refractivity contribution in [2.45, 2.75) is 13.0 Å². The van der Waals surface area contributed by atoms with Gasteiger partial charge in [0.1, 0.15) is 5.76 Å². The van der Waals surface area contributed by atoms with Crippen LogP contribution in [0.25, 0.3) is 5.76 Å². The number of rotatable bonds is 3. The second kappa shape index (κ2) is 8.20. The first-order valence-electron chi connectivity index (χ1n) is 9.26. The van der Waals surface area contributed by atoms with Crippen LogP contribution in [0, 0.1) is 6.92 Å². The molecule has 0 aromatic heterocycles. The van der Waals surface area contributed by atoms with Gasteiger partial charge in [0.2, 0.25) is 0 Å². The lowest BCUT2D eigenvalue weighted by atomic mass is 9.95. The molecule has 0 radical (unpaired) electrons. The molecule has 1 aliphatic rings. The van der Waals surface area contributed by atoms with Crippen LogP contribution in [0.5, 0.6) is 0 Å². The lowest BCUT2D eigenvalue weighted by molar-refractivity contribution is -0.132. The molecule has 4 rings (SSSR count). The molecule has 1 aliphatic heterocycles. The number of ketones is 1. The Balaban J connectivity index is 1.95. The van der Waals surface area contributed by atoms with Gasteiger partial charge in [-0.25, -0.2) is 0 Å². The molecular formula is C24H17Br2NO3. The fourth-order valence-corrected chi connectivity index (χ4v) is 4.26. The van der Waals surface area contributed by atoms with Crippen molar-refractivity contribution in [2.75, 3.05) is 4.90 Å². The Morgan fingerprint density at radius 1 is 0.933 bits per heavy atom. The minimum Gasteiger partial charge on any atom is -0.507 e. The first-order chi connectivity index (χ1) is 14.4. The summed E-state index contributed by atoms with van der Waals surface area (Å²) in [7, 11) is 0. The van der Waals surface area contributed by atoms with Gasteiger partial charge in [0.05, 0.1) is 11.6 Å². The van der Waals surface area contributed by atoms with Crippen molar-refractivity contribution in [1.29, 1.82) is 0 Å².